The summed E-state index contributed by atoms with van der Waals surface area (Å²) in [6, 6.07) is -0.551. The Kier molecular flexibility index (Phi) is 4.78. The summed E-state index contributed by atoms with van der Waals surface area (Å²) in [5.74, 6) is -6.59. The maximum Gasteiger partial charge on any atom is 0.455 e. The number of hydrogen-bond donors (Lipinski definition) is 3. The highest BCUT2D eigenvalue weighted by Gasteiger charge is 2.61. The van der Waals surface area contributed by atoms with Gasteiger partial charge in [-0.1, -0.05) is 6.07 Å². The van der Waals surface area contributed by atoms with Crippen LogP contribution in [0.15, 0.2) is 18.2 Å². The quantitative estimate of drug-likeness (QED) is 0.580. The smallest absolute Gasteiger partial charge is 0.455 e. The molecule has 0 aromatic heterocycles. The molecule has 0 aliphatic carbocycles. The lowest BCUT2D eigenvalue weighted by molar-refractivity contribution is -0.291. The van der Waals surface area contributed by atoms with E-state index in [2.05, 4.69) is 0 Å². The molecule has 1 aromatic carbocycles. The van der Waals surface area contributed by atoms with Crippen LogP contribution in [0.5, 0.6) is 11.5 Å². The first-order valence-corrected chi connectivity index (χ1v) is 4.29. The van der Waals surface area contributed by atoms with E-state index in [-0.39, 0.29) is 12.4 Å². The van der Waals surface area contributed by atoms with Crippen molar-refractivity contribution in [2.24, 2.45) is 5.73 Å². The number of halogens is 6. The third-order valence-corrected chi connectivity index (χ3v) is 2.13. The molecule has 0 saturated heterocycles. The Morgan fingerprint density at radius 1 is 1.00 bits per heavy atom. The number of rotatable bonds is 2. The zero-order chi connectivity index (χ0) is 13.4. The van der Waals surface area contributed by atoms with E-state index in [1.165, 1.54) is 0 Å². The normalized spacial score (nSPS) is 13.9. The number of alkyl halides is 5. The first kappa shape index (κ1) is 16.7. The van der Waals surface area contributed by atoms with Gasteiger partial charge in [0.25, 0.3) is 0 Å². The van der Waals surface area contributed by atoms with Crippen molar-refractivity contribution in [2.75, 3.05) is 0 Å². The molecule has 0 spiro atoms. The van der Waals surface area contributed by atoms with Crippen LogP contribution in [-0.2, 0) is 0 Å². The van der Waals surface area contributed by atoms with Crippen molar-refractivity contribution in [1.82, 2.24) is 0 Å². The van der Waals surface area contributed by atoms with Gasteiger partial charge in [-0.3, -0.25) is 0 Å². The van der Waals surface area contributed by atoms with E-state index in [0.29, 0.717) is 6.07 Å². The highest BCUT2D eigenvalue weighted by atomic mass is 35.5. The number of hydrogen-bond acceptors (Lipinski definition) is 3. The number of phenolic OH excluding ortho intramolecular Hbond substituents is 2. The van der Waals surface area contributed by atoms with Gasteiger partial charge in [-0.05, 0) is 17.7 Å². The van der Waals surface area contributed by atoms with Crippen molar-refractivity contribution < 1.29 is 32.2 Å². The van der Waals surface area contributed by atoms with Crippen molar-refractivity contribution >= 4 is 12.4 Å². The minimum atomic E-state index is -5.79. The highest BCUT2D eigenvalue weighted by Crippen LogP contribution is 2.44. The van der Waals surface area contributed by atoms with Gasteiger partial charge < -0.3 is 15.9 Å². The van der Waals surface area contributed by atoms with E-state index in [1.807, 2.05) is 0 Å². The van der Waals surface area contributed by atoms with Crippen LogP contribution in [-0.4, -0.2) is 22.3 Å². The predicted molar refractivity (Wildman–Crippen MR) is 55.0 cm³/mol. The molecular formula is C9H9ClF5NO2. The lowest BCUT2D eigenvalue weighted by Crippen LogP contribution is -2.45. The molecule has 0 aliphatic heterocycles. The number of nitrogens with two attached hydrogens (primary N) is 1. The van der Waals surface area contributed by atoms with Crippen LogP contribution in [0.4, 0.5) is 22.0 Å². The zero-order valence-electron chi connectivity index (χ0n) is 8.58. The third-order valence-electron chi connectivity index (χ3n) is 2.13. The Labute approximate surface area is 104 Å². The highest BCUT2D eigenvalue weighted by molar-refractivity contribution is 5.85. The van der Waals surface area contributed by atoms with E-state index in [9.17, 15) is 22.0 Å². The fourth-order valence-electron chi connectivity index (χ4n) is 1.12. The fraction of sp³-hybridized carbons (Fsp3) is 0.333. The molecule has 1 atom stereocenters. The van der Waals surface area contributed by atoms with E-state index in [4.69, 9.17) is 15.9 Å². The van der Waals surface area contributed by atoms with Crippen molar-refractivity contribution in [3.05, 3.63) is 23.8 Å². The molecule has 104 valence electrons. The van der Waals surface area contributed by atoms with Crippen LogP contribution >= 0.6 is 12.4 Å². The van der Waals surface area contributed by atoms with Gasteiger partial charge in [0.1, 0.15) is 6.04 Å². The second-order valence-electron chi connectivity index (χ2n) is 3.35. The second-order valence-corrected chi connectivity index (χ2v) is 3.35. The maximum absolute atomic E-state index is 12.8. The van der Waals surface area contributed by atoms with Gasteiger partial charge in [-0.2, -0.15) is 22.0 Å². The molecule has 0 radical (unpaired) electrons. The molecule has 0 unspecified atom stereocenters. The van der Waals surface area contributed by atoms with Crippen LogP contribution < -0.4 is 5.73 Å². The minimum Gasteiger partial charge on any atom is -0.504 e. The van der Waals surface area contributed by atoms with Crippen LogP contribution in [0.3, 0.4) is 0 Å². The summed E-state index contributed by atoms with van der Waals surface area (Å²) in [7, 11) is 0. The molecule has 1 rings (SSSR count). The predicted octanol–water partition coefficient (Wildman–Crippen LogP) is 2.72. The van der Waals surface area contributed by atoms with Gasteiger partial charge in [-0.25, -0.2) is 0 Å². The lowest BCUT2D eigenvalue weighted by atomic mass is 10.0. The molecule has 0 fully saturated rings. The first-order valence-electron chi connectivity index (χ1n) is 4.29. The Morgan fingerprint density at radius 2 is 1.50 bits per heavy atom. The topological polar surface area (TPSA) is 66.5 Å². The van der Waals surface area contributed by atoms with Crippen molar-refractivity contribution in [3.63, 3.8) is 0 Å². The average Bonchev–Trinajstić information content (AvgIpc) is 2.19. The number of phenols is 2. The molecule has 0 saturated carbocycles. The summed E-state index contributed by atoms with van der Waals surface area (Å²) < 4.78 is 61.7. The summed E-state index contributed by atoms with van der Waals surface area (Å²) in [4.78, 5) is 0. The second kappa shape index (κ2) is 5.15. The molecule has 18 heavy (non-hydrogen) atoms. The van der Waals surface area contributed by atoms with Gasteiger partial charge in [0, 0.05) is 0 Å². The van der Waals surface area contributed by atoms with E-state index in [0.717, 1.165) is 12.1 Å². The lowest BCUT2D eigenvalue weighted by Gasteiger charge is -2.26. The molecule has 9 heteroatoms. The van der Waals surface area contributed by atoms with E-state index in [1.54, 1.807) is 0 Å². The van der Waals surface area contributed by atoms with Gasteiger partial charge in [0.15, 0.2) is 11.5 Å². The Bertz CT molecular complexity index is 424. The van der Waals surface area contributed by atoms with Gasteiger partial charge in [-0.15, -0.1) is 12.4 Å². The van der Waals surface area contributed by atoms with Gasteiger partial charge in [0.05, 0.1) is 0 Å². The molecule has 4 N–H and O–H groups in total. The number of benzene rings is 1. The summed E-state index contributed by atoms with van der Waals surface area (Å²) in [6.45, 7) is 0. The maximum atomic E-state index is 12.8. The third kappa shape index (κ3) is 2.94. The Morgan fingerprint density at radius 3 is 1.89 bits per heavy atom. The summed E-state index contributed by atoms with van der Waals surface area (Å²) in [6.07, 6.45) is -5.79. The number of aromatic hydroxyl groups is 2. The van der Waals surface area contributed by atoms with Crippen LogP contribution in [0.25, 0.3) is 0 Å². The Balaban J connectivity index is 0.00000289. The Hall–Kier alpha value is -1.28. The van der Waals surface area contributed by atoms with Crippen molar-refractivity contribution in [3.8, 4) is 11.5 Å². The van der Waals surface area contributed by atoms with Gasteiger partial charge >= 0.3 is 12.1 Å². The minimum absolute atomic E-state index is 0. The van der Waals surface area contributed by atoms with E-state index < -0.39 is 35.2 Å². The molecular weight excluding hydrogens is 285 g/mol. The van der Waals surface area contributed by atoms with E-state index >= 15 is 0 Å². The molecule has 0 aliphatic rings. The first-order chi connectivity index (χ1) is 7.57. The van der Waals surface area contributed by atoms with Crippen LogP contribution in [0, 0.1) is 0 Å². The van der Waals surface area contributed by atoms with Gasteiger partial charge in [0.2, 0.25) is 0 Å². The summed E-state index contributed by atoms with van der Waals surface area (Å²) in [5, 5.41) is 17.9. The van der Waals surface area contributed by atoms with Crippen LogP contribution in [0.1, 0.15) is 11.6 Å². The largest absolute Gasteiger partial charge is 0.504 e. The molecule has 3 nitrogen and oxygen atoms in total. The molecule has 1 aromatic rings. The molecule has 0 amide bonds. The SMILES string of the molecule is Cl.N[C@H](c1ccc(O)c(O)c1)C(F)(F)C(F)(F)F. The zero-order valence-corrected chi connectivity index (χ0v) is 9.40. The van der Waals surface area contributed by atoms with Crippen molar-refractivity contribution in [1.29, 1.82) is 0 Å². The van der Waals surface area contributed by atoms with Crippen LogP contribution in [0.2, 0.25) is 0 Å². The molecule has 0 bridgehead atoms. The molecule has 0 heterocycles. The average molecular weight is 294 g/mol. The fourth-order valence-corrected chi connectivity index (χ4v) is 1.12. The standard InChI is InChI=1S/C9H8F5NO2.ClH/c10-8(11,9(12,13)14)7(15)4-1-2-5(16)6(17)3-4;/h1-3,7,16-17H,15H2;1H/t7-;/m1./s1. The van der Waals surface area contributed by atoms with Crippen molar-refractivity contribution in [2.45, 2.75) is 18.1 Å². The summed E-state index contributed by atoms with van der Waals surface area (Å²) in [5.41, 5.74) is 4.18. The summed E-state index contributed by atoms with van der Waals surface area (Å²) >= 11 is 0. The monoisotopic (exact) mass is 293 g/mol.